The van der Waals surface area contributed by atoms with Gasteiger partial charge in [-0.2, -0.15) is 0 Å². The number of phenolic OH excluding ortho intramolecular Hbond substituents is 2. The Morgan fingerprint density at radius 3 is 2.53 bits per heavy atom. The van der Waals surface area contributed by atoms with Gasteiger partial charge in [-0.1, -0.05) is 30.3 Å². The lowest BCUT2D eigenvalue weighted by Crippen LogP contribution is -2.22. The molecule has 3 aromatic carbocycles. The number of para-hydroxylation sites is 1. The van der Waals surface area contributed by atoms with Gasteiger partial charge in [0, 0.05) is 23.1 Å². The molecule has 7 heteroatoms. The molecule has 0 radical (unpaired) electrons. The van der Waals surface area contributed by atoms with E-state index in [0.717, 1.165) is 5.56 Å². The Balaban J connectivity index is 1.79. The molecule has 7 nitrogen and oxygen atoms in total. The molecule has 0 unspecified atom stereocenters. The molecule has 0 amide bonds. The first-order chi connectivity index (χ1) is 15.5. The van der Waals surface area contributed by atoms with Crippen LogP contribution in [0.3, 0.4) is 0 Å². The van der Waals surface area contributed by atoms with E-state index in [9.17, 15) is 19.8 Å². The lowest BCUT2D eigenvalue weighted by Gasteiger charge is -2.27. The first-order valence-corrected chi connectivity index (χ1v) is 9.92. The fourth-order valence-electron chi connectivity index (χ4n) is 4.19. The summed E-state index contributed by atoms with van der Waals surface area (Å²) in [4.78, 5) is 25.7. The molecule has 2 heterocycles. The number of fused-ring (bicyclic) bond motifs is 3. The normalized spacial score (nSPS) is 15.3. The van der Waals surface area contributed by atoms with Gasteiger partial charge in [-0.3, -0.25) is 9.59 Å². The number of phenols is 2. The summed E-state index contributed by atoms with van der Waals surface area (Å²) >= 11 is 0. The highest BCUT2D eigenvalue weighted by Crippen LogP contribution is 2.47. The Kier molecular flexibility index (Phi) is 4.59. The summed E-state index contributed by atoms with van der Waals surface area (Å²) in [5.41, 5.74) is 1.71. The van der Waals surface area contributed by atoms with E-state index in [2.05, 4.69) is 0 Å². The lowest BCUT2D eigenvalue weighted by molar-refractivity contribution is -0.135. The highest BCUT2D eigenvalue weighted by Gasteiger charge is 2.35. The molecule has 32 heavy (non-hydrogen) atoms. The lowest BCUT2D eigenvalue weighted by atomic mass is 9.84. The van der Waals surface area contributed by atoms with Crippen LogP contribution in [0, 0.1) is 0 Å². The number of aromatic hydroxyl groups is 2. The summed E-state index contributed by atoms with van der Waals surface area (Å²) in [6.07, 6.45) is 1.34. The van der Waals surface area contributed by atoms with Gasteiger partial charge < -0.3 is 24.1 Å². The molecule has 0 aliphatic carbocycles. The minimum atomic E-state index is -0.492. The van der Waals surface area contributed by atoms with Crippen molar-refractivity contribution in [3.05, 3.63) is 82.2 Å². The van der Waals surface area contributed by atoms with E-state index < -0.39 is 17.3 Å². The third-order valence-electron chi connectivity index (χ3n) is 5.66. The SMILES string of the molecule is COc1ccccc1[C@@H]1CC(=O)Oc2cc(O)c3c(=O)c(-c4ccc(O)cc4)coc3c21. The standard InChI is InChI=1S/C25H18O7/c1-30-19-5-3-2-4-15(19)16-10-21(28)32-20-11-18(27)23-24(29)17(12-31-25(23)22(16)20)13-6-8-14(26)9-7-13/h2-9,11-12,16,26-27H,10H2,1H3/t16-/m0/s1. The third kappa shape index (κ3) is 3.06. The van der Waals surface area contributed by atoms with Crippen molar-refractivity contribution in [2.45, 2.75) is 12.3 Å². The molecule has 5 rings (SSSR count). The summed E-state index contributed by atoms with van der Waals surface area (Å²) in [6, 6.07) is 14.7. The van der Waals surface area contributed by atoms with E-state index >= 15 is 0 Å². The Morgan fingerprint density at radius 1 is 1.03 bits per heavy atom. The van der Waals surface area contributed by atoms with Crippen LogP contribution in [0.5, 0.6) is 23.0 Å². The van der Waals surface area contributed by atoms with Gasteiger partial charge in [-0.15, -0.1) is 0 Å². The minimum absolute atomic E-state index is 0.00725. The molecule has 1 atom stereocenters. The summed E-state index contributed by atoms with van der Waals surface area (Å²) in [6.45, 7) is 0. The van der Waals surface area contributed by atoms with Crippen molar-refractivity contribution in [1.29, 1.82) is 0 Å². The van der Waals surface area contributed by atoms with Crippen LogP contribution in [0.15, 0.2) is 70.1 Å². The van der Waals surface area contributed by atoms with Gasteiger partial charge in [0.25, 0.3) is 0 Å². The molecule has 0 fully saturated rings. The summed E-state index contributed by atoms with van der Waals surface area (Å²) < 4.78 is 16.8. The molecule has 1 aliphatic rings. The van der Waals surface area contributed by atoms with Gasteiger partial charge in [-0.25, -0.2) is 0 Å². The third-order valence-corrected chi connectivity index (χ3v) is 5.66. The number of ether oxygens (including phenoxy) is 2. The van der Waals surface area contributed by atoms with Gasteiger partial charge in [0.05, 0.1) is 19.1 Å². The van der Waals surface area contributed by atoms with E-state index in [-0.39, 0.29) is 40.2 Å². The van der Waals surface area contributed by atoms with Crippen molar-refractivity contribution in [3.8, 4) is 34.1 Å². The molecule has 160 valence electrons. The van der Waals surface area contributed by atoms with Gasteiger partial charge >= 0.3 is 5.97 Å². The second-order valence-electron chi connectivity index (χ2n) is 7.51. The molecule has 0 saturated heterocycles. The number of esters is 1. The molecular weight excluding hydrogens is 412 g/mol. The fraction of sp³-hybridized carbons (Fsp3) is 0.120. The van der Waals surface area contributed by atoms with E-state index in [1.807, 2.05) is 18.2 Å². The Bertz CT molecular complexity index is 1420. The van der Waals surface area contributed by atoms with Crippen LogP contribution in [0.4, 0.5) is 0 Å². The molecule has 0 bridgehead atoms. The van der Waals surface area contributed by atoms with Crippen molar-refractivity contribution in [3.63, 3.8) is 0 Å². The van der Waals surface area contributed by atoms with E-state index in [1.165, 1.54) is 24.5 Å². The maximum atomic E-state index is 13.3. The second kappa shape index (κ2) is 7.46. The van der Waals surface area contributed by atoms with Crippen molar-refractivity contribution in [2.75, 3.05) is 7.11 Å². The maximum absolute atomic E-state index is 13.3. The van der Waals surface area contributed by atoms with Crippen molar-refractivity contribution < 1.29 is 28.9 Å². The average molecular weight is 430 g/mol. The Labute approximate surface area is 182 Å². The van der Waals surface area contributed by atoms with Crippen LogP contribution in [-0.2, 0) is 4.79 Å². The number of methoxy groups -OCH3 is 1. The molecule has 0 spiro atoms. The highest BCUT2D eigenvalue weighted by molar-refractivity contribution is 5.94. The van der Waals surface area contributed by atoms with Gasteiger partial charge in [0.2, 0.25) is 5.43 Å². The largest absolute Gasteiger partial charge is 0.508 e. The number of rotatable bonds is 3. The molecule has 1 aliphatic heterocycles. The van der Waals surface area contributed by atoms with Gasteiger partial charge in [0.1, 0.15) is 40.2 Å². The summed E-state index contributed by atoms with van der Waals surface area (Å²) in [5, 5.41) is 20.2. The second-order valence-corrected chi connectivity index (χ2v) is 7.51. The highest BCUT2D eigenvalue weighted by atomic mass is 16.5. The Morgan fingerprint density at radius 2 is 1.78 bits per heavy atom. The minimum Gasteiger partial charge on any atom is -0.508 e. The van der Waals surface area contributed by atoms with Crippen LogP contribution in [0.25, 0.3) is 22.1 Å². The van der Waals surface area contributed by atoms with Crippen molar-refractivity contribution in [2.24, 2.45) is 0 Å². The molecule has 1 aromatic heterocycles. The zero-order valence-corrected chi connectivity index (χ0v) is 17.0. The van der Waals surface area contributed by atoms with Crippen LogP contribution >= 0.6 is 0 Å². The summed E-state index contributed by atoms with van der Waals surface area (Å²) in [7, 11) is 1.54. The van der Waals surface area contributed by atoms with E-state index in [4.69, 9.17) is 13.9 Å². The molecule has 0 saturated carbocycles. The first-order valence-electron chi connectivity index (χ1n) is 9.92. The fourth-order valence-corrected chi connectivity index (χ4v) is 4.19. The van der Waals surface area contributed by atoms with Crippen molar-refractivity contribution in [1.82, 2.24) is 0 Å². The number of hydrogen-bond donors (Lipinski definition) is 2. The van der Waals surface area contributed by atoms with Gasteiger partial charge in [0.15, 0.2) is 0 Å². The smallest absolute Gasteiger partial charge is 0.312 e. The summed E-state index contributed by atoms with van der Waals surface area (Å²) in [5.74, 6) is -0.507. The zero-order valence-electron chi connectivity index (χ0n) is 17.0. The molecule has 2 N–H and O–H groups in total. The predicted molar refractivity (Wildman–Crippen MR) is 116 cm³/mol. The Hall–Kier alpha value is -4.26. The van der Waals surface area contributed by atoms with Crippen LogP contribution in [-0.4, -0.2) is 23.3 Å². The van der Waals surface area contributed by atoms with Crippen molar-refractivity contribution >= 4 is 16.9 Å². The molecule has 4 aromatic rings. The maximum Gasteiger partial charge on any atom is 0.312 e. The predicted octanol–water partition coefficient (Wildman–Crippen LogP) is 4.32. The monoisotopic (exact) mass is 430 g/mol. The molecular formula is C25H18O7. The zero-order chi connectivity index (χ0) is 22.4. The number of carbonyl (C=O) groups is 1. The average Bonchev–Trinajstić information content (AvgIpc) is 2.79. The van der Waals surface area contributed by atoms with E-state index in [1.54, 1.807) is 25.3 Å². The first kappa shape index (κ1) is 19.7. The van der Waals surface area contributed by atoms with Crippen LogP contribution in [0.2, 0.25) is 0 Å². The van der Waals surface area contributed by atoms with Crippen LogP contribution < -0.4 is 14.9 Å². The van der Waals surface area contributed by atoms with E-state index in [0.29, 0.717) is 16.9 Å². The number of hydrogen-bond acceptors (Lipinski definition) is 7. The number of benzene rings is 3. The van der Waals surface area contributed by atoms with Crippen LogP contribution in [0.1, 0.15) is 23.5 Å². The topological polar surface area (TPSA) is 106 Å². The quantitative estimate of drug-likeness (QED) is 0.368. The number of carbonyl (C=O) groups excluding carboxylic acids is 1. The van der Waals surface area contributed by atoms with Gasteiger partial charge in [-0.05, 0) is 23.8 Å².